The normalized spacial score (nSPS) is 13.2. The van der Waals surface area contributed by atoms with Crippen molar-refractivity contribution in [3.05, 3.63) is 38.6 Å². The van der Waals surface area contributed by atoms with Crippen LogP contribution in [0.5, 0.6) is 0 Å². The van der Waals surface area contributed by atoms with Crippen LogP contribution >= 0.6 is 11.3 Å². The van der Waals surface area contributed by atoms with Gasteiger partial charge in [-0.25, -0.2) is 0 Å². The Hall–Kier alpha value is -1.04. The summed E-state index contributed by atoms with van der Waals surface area (Å²) in [7, 11) is 0. The third-order valence-electron chi connectivity index (χ3n) is 1.73. The van der Waals surface area contributed by atoms with Gasteiger partial charge in [0.2, 0.25) is 0 Å². The molecule has 1 aromatic heterocycles. The summed E-state index contributed by atoms with van der Waals surface area (Å²) in [6.07, 6.45) is 8.13. The molecule has 0 nitrogen and oxygen atoms in total. The maximum absolute atomic E-state index is 3.05. The second kappa shape index (κ2) is 2.54. The molecule has 1 heterocycles. The lowest BCUT2D eigenvalue weighted by Crippen LogP contribution is -2.18. The Balaban J connectivity index is 2.94. The maximum atomic E-state index is 3.05. The second-order valence-corrected chi connectivity index (χ2v) is 3.44. The van der Waals surface area contributed by atoms with Crippen LogP contribution in [0.4, 0.5) is 0 Å². The molecule has 11 heavy (non-hydrogen) atoms. The molecular weight excluding hydrogens is 152 g/mol. The zero-order chi connectivity index (χ0) is 7.68. The fourth-order valence-electron chi connectivity index (χ4n) is 1.13. The first-order chi connectivity index (χ1) is 5.38. The SMILES string of the molecule is Cc1csc2c1=CC=C=CC=2. The minimum Gasteiger partial charge on any atom is -0.144 e. The number of fused-ring (bicyclic) bond motifs is 1. The lowest BCUT2D eigenvalue weighted by Gasteiger charge is -1.78. The molecule has 0 radical (unpaired) electrons. The second-order valence-electron chi connectivity index (χ2n) is 2.53. The van der Waals surface area contributed by atoms with Crippen molar-refractivity contribution in [2.45, 2.75) is 6.92 Å². The summed E-state index contributed by atoms with van der Waals surface area (Å²) < 4.78 is 1.34. The molecule has 0 amide bonds. The van der Waals surface area contributed by atoms with E-state index in [4.69, 9.17) is 0 Å². The van der Waals surface area contributed by atoms with Crippen LogP contribution in [0.25, 0.3) is 12.2 Å². The number of aryl methyl sites for hydroxylation is 1. The summed E-state index contributed by atoms with van der Waals surface area (Å²) in [6.45, 7) is 2.14. The molecule has 0 spiro atoms. The van der Waals surface area contributed by atoms with E-state index in [0.717, 1.165) is 0 Å². The highest BCUT2D eigenvalue weighted by Gasteiger charge is 1.92. The lowest BCUT2D eigenvalue weighted by atomic mass is 10.3. The van der Waals surface area contributed by atoms with Crippen LogP contribution in [0.3, 0.4) is 0 Å². The average Bonchev–Trinajstić information content (AvgIpc) is 2.25. The van der Waals surface area contributed by atoms with Gasteiger partial charge in [-0.3, -0.25) is 0 Å². The van der Waals surface area contributed by atoms with Crippen LogP contribution in [0, 0.1) is 6.92 Å². The van der Waals surface area contributed by atoms with Gasteiger partial charge in [-0.15, -0.1) is 17.1 Å². The molecule has 1 heteroatoms. The maximum Gasteiger partial charge on any atom is 0.0351 e. The first kappa shape index (κ1) is 6.66. The molecule has 54 valence electrons. The van der Waals surface area contributed by atoms with Crippen LogP contribution in [0.2, 0.25) is 0 Å². The minimum atomic E-state index is 1.34. The molecule has 1 aromatic rings. The van der Waals surface area contributed by atoms with E-state index in [2.05, 4.69) is 30.2 Å². The summed E-state index contributed by atoms with van der Waals surface area (Å²) in [5, 5.41) is 3.53. The minimum absolute atomic E-state index is 1.34. The van der Waals surface area contributed by atoms with E-state index < -0.39 is 0 Å². The summed E-state index contributed by atoms with van der Waals surface area (Å²) in [6, 6.07) is 0. The van der Waals surface area contributed by atoms with Gasteiger partial charge in [-0.1, -0.05) is 0 Å². The van der Waals surface area contributed by atoms with Crippen LogP contribution in [-0.4, -0.2) is 0 Å². The van der Waals surface area contributed by atoms with Crippen molar-refractivity contribution in [1.82, 2.24) is 0 Å². The zero-order valence-corrected chi connectivity index (χ0v) is 7.11. The first-order valence-corrected chi connectivity index (χ1v) is 4.43. The van der Waals surface area contributed by atoms with E-state index in [-0.39, 0.29) is 0 Å². The molecule has 0 aromatic carbocycles. The van der Waals surface area contributed by atoms with Crippen molar-refractivity contribution < 1.29 is 0 Å². The topological polar surface area (TPSA) is 0 Å². The third kappa shape index (κ3) is 1.09. The third-order valence-corrected chi connectivity index (χ3v) is 2.81. The van der Waals surface area contributed by atoms with Crippen molar-refractivity contribution in [1.29, 1.82) is 0 Å². The largest absolute Gasteiger partial charge is 0.144 e. The molecule has 1 aliphatic carbocycles. The predicted octanol–water partition coefficient (Wildman–Crippen LogP) is 1.34. The quantitative estimate of drug-likeness (QED) is 0.502. The molecule has 2 rings (SSSR count). The fourth-order valence-corrected chi connectivity index (χ4v) is 2.06. The van der Waals surface area contributed by atoms with Crippen LogP contribution in [0.1, 0.15) is 5.56 Å². The Morgan fingerprint density at radius 2 is 2.09 bits per heavy atom. The summed E-state index contributed by atoms with van der Waals surface area (Å²) in [5.74, 6) is 0. The zero-order valence-electron chi connectivity index (χ0n) is 6.29. The summed E-state index contributed by atoms with van der Waals surface area (Å²) in [4.78, 5) is 0. The Morgan fingerprint density at radius 3 is 3.00 bits per heavy atom. The molecular formula is C10H8S. The van der Waals surface area contributed by atoms with E-state index in [0.29, 0.717) is 0 Å². The van der Waals surface area contributed by atoms with Gasteiger partial charge in [-0.05, 0) is 47.4 Å². The van der Waals surface area contributed by atoms with Gasteiger partial charge < -0.3 is 0 Å². The van der Waals surface area contributed by atoms with Gasteiger partial charge in [0.25, 0.3) is 0 Å². The number of hydrogen-bond donors (Lipinski definition) is 0. The van der Waals surface area contributed by atoms with Crippen molar-refractivity contribution in [2.75, 3.05) is 0 Å². The van der Waals surface area contributed by atoms with E-state index in [1.54, 1.807) is 11.3 Å². The highest BCUT2D eigenvalue weighted by Crippen LogP contribution is 1.93. The van der Waals surface area contributed by atoms with Gasteiger partial charge in [-0.2, -0.15) is 0 Å². The van der Waals surface area contributed by atoms with E-state index in [9.17, 15) is 0 Å². The molecule has 0 fully saturated rings. The lowest BCUT2D eigenvalue weighted by molar-refractivity contribution is 1.47. The molecule has 0 aliphatic heterocycles. The first-order valence-electron chi connectivity index (χ1n) is 3.55. The highest BCUT2D eigenvalue weighted by atomic mass is 32.1. The van der Waals surface area contributed by atoms with Crippen molar-refractivity contribution in [3.8, 4) is 0 Å². The van der Waals surface area contributed by atoms with Crippen molar-refractivity contribution in [2.24, 2.45) is 0 Å². The monoisotopic (exact) mass is 160 g/mol. The van der Waals surface area contributed by atoms with Gasteiger partial charge >= 0.3 is 0 Å². The fraction of sp³-hybridized carbons (Fsp3) is 0.100. The van der Waals surface area contributed by atoms with Crippen LogP contribution in [0.15, 0.2) is 23.3 Å². The van der Waals surface area contributed by atoms with Gasteiger partial charge in [0.15, 0.2) is 0 Å². The Bertz CT molecular complexity index is 440. The molecule has 0 unspecified atom stereocenters. The summed E-state index contributed by atoms with van der Waals surface area (Å²) in [5.41, 5.74) is 4.41. The predicted molar refractivity (Wildman–Crippen MR) is 49.9 cm³/mol. The van der Waals surface area contributed by atoms with E-state index in [1.807, 2.05) is 12.2 Å². The molecule has 0 bridgehead atoms. The average molecular weight is 160 g/mol. The van der Waals surface area contributed by atoms with Crippen LogP contribution in [-0.2, 0) is 0 Å². The summed E-state index contributed by atoms with van der Waals surface area (Å²) >= 11 is 1.79. The molecule has 0 N–H and O–H groups in total. The molecule has 1 aliphatic rings. The highest BCUT2D eigenvalue weighted by molar-refractivity contribution is 7.07. The van der Waals surface area contributed by atoms with Gasteiger partial charge in [0.05, 0.1) is 0 Å². The molecule has 0 saturated carbocycles. The standard InChI is InChI=1S/C10H8S/c1-8-7-11-10-6-4-2-3-5-9(8)10/h3-7H,1H3. The number of allylic oxidation sites excluding steroid dienone is 1. The van der Waals surface area contributed by atoms with Gasteiger partial charge in [0, 0.05) is 4.53 Å². The number of thiophene rings is 1. The Morgan fingerprint density at radius 1 is 1.27 bits per heavy atom. The molecule has 0 saturated heterocycles. The van der Waals surface area contributed by atoms with Gasteiger partial charge in [0.1, 0.15) is 0 Å². The molecule has 0 atom stereocenters. The van der Waals surface area contributed by atoms with Crippen LogP contribution < -0.4 is 9.75 Å². The smallest absolute Gasteiger partial charge is 0.0351 e. The Kier molecular flexibility index (Phi) is 1.54. The van der Waals surface area contributed by atoms with Crippen molar-refractivity contribution in [3.63, 3.8) is 0 Å². The number of hydrogen-bond acceptors (Lipinski definition) is 1. The van der Waals surface area contributed by atoms with E-state index in [1.165, 1.54) is 15.3 Å². The van der Waals surface area contributed by atoms with E-state index >= 15 is 0 Å². The van der Waals surface area contributed by atoms with Crippen molar-refractivity contribution >= 4 is 23.5 Å². The Labute approximate surface area is 69.5 Å². The number of rotatable bonds is 0.